The van der Waals surface area contributed by atoms with Gasteiger partial charge in [-0.2, -0.15) is 0 Å². The Morgan fingerprint density at radius 1 is 1.37 bits per heavy atom. The summed E-state index contributed by atoms with van der Waals surface area (Å²) in [5, 5.41) is 3.06. The van der Waals surface area contributed by atoms with Crippen LogP contribution in [-0.4, -0.2) is 72.1 Å². The number of nitrogens with zero attached hydrogens (tertiary/aromatic N) is 3. The van der Waals surface area contributed by atoms with Crippen molar-refractivity contribution in [3.63, 3.8) is 0 Å². The van der Waals surface area contributed by atoms with Crippen molar-refractivity contribution < 1.29 is 9.59 Å². The lowest BCUT2D eigenvalue weighted by Gasteiger charge is -2.33. The smallest absolute Gasteiger partial charge is 0.319 e. The summed E-state index contributed by atoms with van der Waals surface area (Å²) in [6.45, 7) is 8.43. The van der Waals surface area contributed by atoms with Crippen LogP contribution in [0.25, 0.3) is 0 Å². The Balaban J connectivity index is 1.83. The van der Waals surface area contributed by atoms with Crippen molar-refractivity contribution in [2.24, 2.45) is 0 Å². The van der Waals surface area contributed by atoms with Gasteiger partial charge < -0.3 is 15.1 Å². The summed E-state index contributed by atoms with van der Waals surface area (Å²) in [5.41, 5.74) is 0. The topological polar surface area (TPSA) is 55.9 Å². The van der Waals surface area contributed by atoms with Crippen LogP contribution in [0, 0.1) is 0 Å². The number of likely N-dealkylation sites (tertiary alicyclic amines) is 1. The number of rotatable bonds is 3. The fourth-order valence-electron chi connectivity index (χ4n) is 2.74. The lowest BCUT2D eigenvalue weighted by atomic mass is 10.1. The summed E-state index contributed by atoms with van der Waals surface area (Å²) < 4.78 is 0. The van der Waals surface area contributed by atoms with Crippen LogP contribution in [0.4, 0.5) is 4.79 Å². The molecule has 1 N–H and O–H groups in total. The summed E-state index contributed by atoms with van der Waals surface area (Å²) in [4.78, 5) is 29.4. The van der Waals surface area contributed by atoms with Crippen LogP contribution in [0.1, 0.15) is 26.7 Å². The molecule has 2 aliphatic rings. The first kappa shape index (κ1) is 14.1. The van der Waals surface area contributed by atoms with E-state index in [2.05, 4.69) is 17.1 Å². The van der Waals surface area contributed by atoms with E-state index in [4.69, 9.17) is 0 Å². The van der Waals surface area contributed by atoms with E-state index in [9.17, 15) is 9.59 Å². The number of hydrogen-bond donors (Lipinski definition) is 1. The third kappa shape index (κ3) is 3.37. The first-order chi connectivity index (χ1) is 9.13. The maximum atomic E-state index is 12.1. The van der Waals surface area contributed by atoms with Crippen LogP contribution in [0.3, 0.4) is 0 Å². The van der Waals surface area contributed by atoms with Crippen LogP contribution in [0.2, 0.25) is 0 Å². The summed E-state index contributed by atoms with van der Waals surface area (Å²) in [6.07, 6.45) is 2.15. The predicted molar refractivity (Wildman–Crippen MR) is 72.6 cm³/mol. The van der Waals surface area contributed by atoms with Crippen LogP contribution in [0.5, 0.6) is 0 Å². The average Bonchev–Trinajstić information content (AvgIpc) is 2.80. The van der Waals surface area contributed by atoms with Gasteiger partial charge in [0.05, 0.1) is 6.67 Å². The molecule has 3 amide bonds. The van der Waals surface area contributed by atoms with Gasteiger partial charge in [-0.25, -0.2) is 4.79 Å². The molecule has 108 valence electrons. The standard InChI is InChI=1S/C13H24N4O2/c1-3-15-7-5-6-11(8-15)14-13(19)17-9-12(18)16(4-2)10-17/h11H,3-10H2,1-2H3,(H,14,19)/t11-/m1/s1. The quantitative estimate of drug-likeness (QED) is 0.801. The van der Waals surface area contributed by atoms with Crippen molar-refractivity contribution in [2.75, 3.05) is 39.4 Å². The zero-order chi connectivity index (χ0) is 13.8. The highest BCUT2D eigenvalue weighted by atomic mass is 16.2. The SMILES string of the molecule is CCN1CCC[C@@H](NC(=O)N2CC(=O)N(CC)C2)C1. The molecule has 0 radical (unpaired) electrons. The zero-order valence-electron chi connectivity index (χ0n) is 11.9. The van der Waals surface area contributed by atoms with Crippen molar-refractivity contribution in [1.29, 1.82) is 0 Å². The van der Waals surface area contributed by atoms with E-state index < -0.39 is 0 Å². The molecule has 0 aromatic rings. The first-order valence-electron chi connectivity index (χ1n) is 7.19. The largest absolute Gasteiger partial charge is 0.334 e. The van der Waals surface area contributed by atoms with Gasteiger partial charge >= 0.3 is 6.03 Å². The maximum Gasteiger partial charge on any atom is 0.319 e. The van der Waals surface area contributed by atoms with Gasteiger partial charge in [0.15, 0.2) is 0 Å². The van der Waals surface area contributed by atoms with Gasteiger partial charge in [-0.05, 0) is 32.9 Å². The van der Waals surface area contributed by atoms with E-state index in [1.54, 1.807) is 9.80 Å². The highest BCUT2D eigenvalue weighted by Gasteiger charge is 2.31. The monoisotopic (exact) mass is 268 g/mol. The Morgan fingerprint density at radius 2 is 2.16 bits per heavy atom. The van der Waals surface area contributed by atoms with E-state index >= 15 is 0 Å². The van der Waals surface area contributed by atoms with Crippen LogP contribution in [-0.2, 0) is 4.79 Å². The van der Waals surface area contributed by atoms with Gasteiger partial charge in [0.25, 0.3) is 0 Å². The minimum atomic E-state index is -0.104. The Bertz CT molecular complexity index is 348. The molecule has 0 aromatic heterocycles. The number of nitrogens with one attached hydrogen (secondary N) is 1. The Labute approximate surface area is 114 Å². The van der Waals surface area contributed by atoms with Gasteiger partial charge in [0.1, 0.15) is 6.54 Å². The molecule has 0 unspecified atom stereocenters. The van der Waals surface area contributed by atoms with Crippen molar-refractivity contribution >= 4 is 11.9 Å². The van der Waals surface area contributed by atoms with Crippen LogP contribution in [0.15, 0.2) is 0 Å². The van der Waals surface area contributed by atoms with Gasteiger partial charge in [0, 0.05) is 19.1 Å². The molecule has 1 atom stereocenters. The second-order valence-electron chi connectivity index (χ2n) is 5.27. The predicted octanol–water partition coefficient (Wildman–Crippen LogP) is 0.302. The fourth-order valence-corrected chi connectivity index (χ4v) is 2.74. The molecular weight excluding hydrogens is 244 g/mol. The van der Waals surface area contributed by atoms with E-state index in [1.165, 1.54) is 0 Å². The molecule has 6 heteroatoms. The molecule has 2 fully saturated rings. The highest BCUT2D eigenvalue weighted by Crippen LogP contribution is 2.11. The molecule has 19 heavy (non-hydrogen) atoms. The second-order valence-corrected chi connectivity index (χ2v) is 5.27. The Hall–Kier alpha value is -1.30. The second kappa shape index (κ2) is 6.23. The van der Waals surface area contributed by atoms with Gasteiger partial charge in [-0.1, -0.05) is 6.92 Å². The highest BCUT2D eigenvalue weighted by molar-refractivity contribution is 5.87. The minimum absolute atomic E-state index is 0.0384. The average molecular weight is 268 g/mol. The molecule has 0 saturated carbocycles. The van der Waals surface area contributed by atoms with Crippen LogP contribution < -0.4 is 5.32 Å². The van der Waals surface area contributed by atoms with Crippen LogP contribution >= 0.6 is 0 Å². The summed E-state index contributed by atoms with van der Waals surface area (Å²) in [6, 6.07) is 0.110. The Morgan fingerprint density at radius 3 is 2.79 bits per heavy atom. The number of piperidine rings is 1. The molecule has 0 aliphatic carbocycles. The molecule has 2 rings (SSSR count). The van der Waals surface area contributed by atoms with E-state index in [0.717, 1.165) is 32.5 Å². The van der Waals surface area contributed by atoms with E-state index in [0.29, 0.717) is 13.2 Å². The minimum Gasteiger partial charge on any atom is -0.334 e. The Kier molecular flexibility index (Phi) is 4.63. The van der Waals surface area contributed by atoms with E-state index in [1.807, 2.05) is 6.92 Å². The van der Waals surface area contributed by atoms with Crippen molar-refractivity contribution in [2.45, 2.75) is 32.7 Å². The third-order valence-electron chi connectivity index (χ3n) is 3.97. The molecule has 0 bridgehead atoms. The molecule has 6 nitrogen and oxygen atoms in total. The van der Waals surface area contributed by atoms with Crippen molar-refractivity contribution in [3.8, 4) is 0 Å². The van der Waals surface area contributed by atoms with E-state index in [-0.39, 0.29) is 24.5 Å². The van der Waals surface area contributed by atoms with Gasteiger partial charge in [-0.15, -0.1) is 0 Å². The fraction of sp³-hybridized carbons (Fsp3) is 0.846. The molecule has 0 spiro atoms. The number of amides is 3. The summed E-state index contributed by atoms with van der Waals surface area (Å²) in [5.74, 6) is 0.0384. The third-order valence-corrected chi connectivity index (χ3v) is 3.97. The van der Waals surface area contributed by atoms with Gasteiger partial charge in [-0.3, -0.25) is 9.69 Å². The normalized spacial score (nSPS) is 24.9. The molecule has 0 aromatic carbocycles. The lowest BCUT2D eigenvalue weighted by Crippen LogP contribution is -2.51. The number of carbonyl (C=O) groups excluding carboxylic acids is 2. The lowest BCUT2D eigenvalue weighted by molar-refractivity contribution is -0.126. The molecule has 2 aliphatic heterocycles. The number of carbonyl (C=O) groups is 2. The number of urea groups is 1. The number of likely N-dealkylation sites (N-methyl/N-ethyl adjacent to an activating group) is 2. The summed E-state index contributed by atoms with van der Waals surface area (Å²) >= 11 is 0. The van der Waals surface area contributed by atoms with Gasteiger partial charge in [0.2, 0.25) is 5.91 Å². The molecular formula is C13H24N4O2. The van der Waals surface area contributed by atoms with Crippen molar-refractivity contribution in [3.05, 3.63) is 0 Å². The molecule has 2 heterocycles. The molecule has 2 saturated heterocycles. The number of hydrogen-bond acceptors (Lipinski definition) is 3. The zero-order valence-corrected chi connectivity index (χ0v) is 11.9. The van der Waals surface area contributed by atoms with Crippen molar-refractivity contribution in [1.82, 2.24) is 20.0 Å². The first-order valence-corrected chi connectivity index (χ1v) is 7.19. The summed E-state index contributed by atoms with van der Waals surface area (Å²) in [7, 11) is 0. The maximum absolute atomic E-state index is 12.1.